The van der Waals surface area contributed by atoms with Crippen molar-refractivity contribution in [3.8, 4) is 5.75 Å². The molecule has 0 bridgehead atoms. The first-order valence-corrected chi connectivity index (χ1v) is 8.68. The van der Waals surface area contributed by atoms with Gasteiger partial charge in [-0.2, -0.15) is 0 Å². The third-order valence-electron chi connectivity index (χ3n) is 3.69. The lowest BCUT2D eigenvalue weighted by Gasteiger charge is -2.29. The minimum absolute atomic E-state index is 0.00481. The van der Waals surface area contributed by atoms with E-state index in [9.17, 15) is 9.59 Å². The molecule has 26 heavy (non-hydrogen) atoms. The molecule has 0 aliphatic carbocycles. The number of hydrogen-bond acceptors (Lipinski definition) is 4. The number of hydrogen-bond donors (Lipinski definition) is 1. The average Bonchev–Trinajstić information content (AvgIpc) is 2.62. The molecule has 1 heterocycles. The van der Waals surface area contributed by atoms with Crippen molar-refractivity contribution in [1.82, 2.24) is 5.32 Å². The second-order valence-electron chi connectivity index (χ2n) is 5.44. The van der Waals surface area contributed by atoms with Gasteiger partial charge in [0, 0.05) is 5.02 Å². The molecule has 0 atom stereocenters. The van der Waals surface area contributed by atoms with Crippen molar-refractivity contribution >= 4 is 52.5 Å². The van der Waals surface area contributed by atoms with Crippen LogP contribution in [0.3, 0.4) is 0 Å². The van der Waals surface area contributed by atoms with E-state index in [1.54, 1.807) is 48.5 Å². The third kappa shape index (κ3) is 3.76. The van der Waals surface area contributed by atoms with E-state index in [1.165, 1.54) is 11.0 Å². The second kappa shape index (κ2) is 7.68. The molecular weight excluding hydrogens is 372 g/mol. The highest BCUT2D eigenvalue weighted by Gasteiger charge is 2.34. The van der Waals surface area contributed by atoms with Crippen LogP contribution in [-0.4, -0.2) is 23.5 Å². The first-order valence-electron chi connectivity index (χ1n) is 7.89. The van der Waals surface area contributed by atoms with E-state index in [1.807, 2.05) is 6.92 Å². The first kappa shape index (κ1) is 18.1. The van der Waals surface area contributed by atoms with Crippen LogP contribution in [0.25, 0.3) is 6.08 Å². The highest BCUT2D eigenvalue weighted by Crippen LogP contribution is 2.24. The number of nitrogens with zero attached hydrogens (tertiary/aromatic N) is 1. The van der Waals surface area contributed by atoms with E-state index >= 15 is 0 Å². The summed E-state index contributed by atoms with van der Waals surface area (Å²) in [6, 6.07) is 13.7. The summed E-state index contributed by atoms with van der Waals surface area (Å²) in [5, 5.41) is 3.16. The topological polar surface area (TPSA) is 58.6 Å². The zero-order valence-corrected chi connectivity index (χ0v) is 15.4. The van der Waals surface area contributed by atoms with Crippen LogP contribution in [0.1, 0.15) is 12.5 Å². The lowest BCUT2D eigenvalue weighted by molar-refractivity contribution is -0.122. The summed E-state index contributed by atoms with van der Waals surface area (Å²) in [4.78, 5) is 26.4. The number of ether oxygens (including phenoxy) is 1. The molecule has 0 unspecified atom stereocenters. The molecule has 2 amide bonds. The average molecular weight is 387 g/mol. The molecule has 1 fully saturated rings. The molecule has 0 spiro atoms. The van der Waals surface area contributed by atoms with Gasteiger partial charge in [-0.15, -0.1) is 0 Å². The van der Waals surface area contributed by atoms with Crippen molar-refractivity contribution in [2.45, 2.75) is 6.92 Å². The van der Waals surface area contributed by atoms with Gasteiger partial charge in [0.15, 0.2) is 5.11 Å². The normalized spacial score (nSPS) is 16.0. The lowest BCUT2D eigenvalue weighted by Crippen LogP contribution is -2.54. The molecule has 1 saturated heterocycles. The fraction of sp³-hybridized carbons (Fsp3) is 0.105. The molecule has 1 aliphatic heterocycles. The fourth-order valence-electron chi connectivity index (χ4n) is 2.48. The van der Waals surface area contributed by atoms with Gasteiger partial charge in [0.25, 0.3) is 11.8 Å². The van der Waals surface area contributed by atoms with Crippen molar-refractivity contribution in [3.63, 3.8) is 0 Å². The Labute approximate surface area is 161 Å². The molecule has 132 valence electrons. The number of rotatable bonds is 4. The summed E-state index contributed by atoms with van der Waals surface area (Å²) in [6.45, 7) is 2.44. The van der Waals surface area contributed by atoms with E-state index in [4.69, 9.17) is 28.6 Å². The monoisotopic (exact) mass is 386 g/mol. The van der Waals surface area contributed by atoms with Crippen molar-refractivity contribution < 1.29 is 14.3 Å². The Morgan fingerprint density at radius 3 is 2.38 bits per heavy atom. The number of carbonyl (C=O) groups is 2. The molecule has 2 aromatic carbocycles. The van der Waals surface area contributed by atoms with Crippen molar-refractivity contribution in [2.75, 3.05) is 11.5 Å². The van der Waals surface area contributed by atoms with Crippen molar-refractivity contribution in [1.29, 1.82) is 0 Å². The van der Waals surface area contributed by atoms with E-state index in [0.717, 1.165) is 0 Å². The summed E-state index contributed by atoms with van der Waals surface area (Å²) in [5.41, 5.74) is 1.23. The summed E-state index contributed by atoms with van der Waals surface area (Å²) in [7, 11) is 0. The predicted molar refractivity (Wildman–Crippen MR) is 105 cm³/mol. The van der Waals surface area contributed by atoms with Crippen LogP contribution in [0.2, 0.25) is 5.02 Å². The van der Waals surface area contributed by atoms with Crippen LogP contribution in [-0.2, 0) is 9.59 Å². The van der Waals surface area contributed by atoms with Gasteiger partial charge in [-0.1, -0.05) is 23.7 Å². The van der Waals surface area contributed by atoms with Gasteiger partial charge in [-0.3, -0.25) is 19.8 Å². The van der Waals surface area contributed by atoms with E-state index in [0.29, 0.717) is 28.6 Å². The van der Waals surface area contributed by atoms with Gasteiger partial charge in [-0.25, -0.2) is 0 Å². The standard InChI is InChI=1S/C19H15ClN2O3S/c1-2-25-15-9-7-14(8-10-15)22-18(24)16(17(23)21-19(22)26)11-12-3-5-13(20)6-4-12/h3-11H,2H2,1H3,(H,21,23,26)/b16-11-. The number of thiocarbonyl (C=S) groups is 1. The molecule has 0 aromatic heterocycles. The minimum atomic E-state index is -0.530. The summed E-state index contributed by atoms with van der Waals surface area (Å²) < 4.78 is 5.40. The number of carbonyl (C=O) groups excluding carboxylic acids is 2. The van der Waals surface area contributed by atoms with Crippen LogP contribution < -0.4 is 15.0 Å². The number of nitrogens with one attached hydrogen (secondary N) is 1. The number of benzene rings is 2. The first-order chi connectivity index (χ1) is 12.5. The predicted octanol–water partition coefficient (Wildman–Crippen LogP) is 3.57. The molecule has 0 radical (unpaired) electrons. The Morgan fingerprint density at radius 2 is 1.77 bits per heavy atom. The number of amides is 2. The van der Waals surface area contributed by atoms with Crippen molar-refractivity contribution in [2.24, 2.45) is 0 Å². The molecule has 1 aliphatic rings. The smallest absolute Gasteiger partial charge is 0.270 e. The van der Waals surface area contributed by atoms with Crippen LogP contribution in [0, 0.1) is 0 Å². The summed E-state index contributed by atoms with van der Waals surface area (Å²) >= 11 is 11.0. The van der Waals surface area contributed by atoms with Crippen molar-refractivity contribution in [3.05, 3.63) is 64.7 Å². The maximum atomic E-state index is 12.9. The largest absolute Gasteiger partial charge is 0.494 e. The molecule has 3 rings (SSSR count). The Balaban J connectivity index is 1.93. The van der Waals surface area contributed by atoms with Gasteiger partial charge < -0.3 is 4.74 Å². The molecular formula is C19H15ClN2O3S. The van der Waals surface area contributed by atoms with E-state index < -0.39 is 11.8 Å². The molecule has 0 saturated carbocycles. The Hall–Kier alpha value is -2.70. The zero-order valence-electron chi connectivity index (χ0n) is 13.9. The Kier molecular flexibility index (Phi) is 5.35. The van der Waals surface area contributed by atoms with Gasteiger partial charge >= 0.3 is 0 Å². The number of halogens is 1. The minimum Gasteiger partial charge on any atom is -0.494 e. The van der Waals surface area contributed by atoms with Gasteiger partial charge in [-0.05, 0) is 67.2 Å². The van der Waals surface area contributed by atoms with Gasteiger partial charge in [0.2, 0.25) is 0 Å². The highest BCUT2D eigenvalue weighted by atomic mass is 35.5. The van der Waals surface area contributed by atoms with Crippen LogP contribution in [0.5, 0.6) is 5.75 Å². The second-order valence-corrected chi connectivity index (χ2v) is 6.26. The maximum Gasteiger partial charge on any atom is 0.270 e. The van der Waals surface area contributed by atoms with Crippen LogP contribution in [0.4, 0.5) is 5.69 Å². The lowest BCUT2D eigenvalue weighted by atomic mass is 10.1. The fourth-order valence-corrected chi connectivity index (χ4v) is 2.88. The van der Waals surface area contributed by atoms with Gasteiger partial charge in [0.05, 0.1) is 12.3 Å². The highest BCUT2D eigenvalue weighted by molar-refractivity contribution is 7.80. The zero-order chi connectivity index (χ0) is 18.7. The molecule has 7 heteroatoms. The Bertz CT molecular complexity index is 892. The number of anilines is 1. The SMILES string of the molecule is CCOc1ccc(N2C(=O)/C(=C\c3ccc(Cl)cc3)C(=O)NC2=S)cc1. The molecule has 5 nitrogen and oxygen atoms in total. The van der Waals surface area contributed by atoms with E-state index in [2.05, 4.69) is 5.32 Å². The maximum absolute atomic E-state index is 12.9. The van der Waals surface area contributed by atoms with E-state index in [-0.39, 0.29) is 10.7 Å². The van der Waals surface area contributed by atoms with Crippen LogP contribution >= 0.6 is 23.8 Å². The molecule has 2 aromatic rings. The summed E-state index contributed by atoms with van der Waals surface area (Å²) in [5.74, 6) is -0.331. The molecule has 1 N–H and O–H groups in total. The van der Waals surface area contributed by atoms with Gasteiger partial charge in [0.1, 0.15) is 11.3 Å². The Morgan fingerprint density at radius 1 is 1.12 bits per heavy atom. The third-order valence-corrected chi connectivity index (χ3v) is 4.23. The van der Waals surface area contributed by atoms with Crippen LogP contribution in [0.15, 0.2) is 54.1 Å². The summed E-state index contributed by atoms with van der Waals surface area (Å²) in [6.07, 6.45) is 1.51. The quantitative estimate of drug-likeness (QED) is 0.496.